The summed E-state index contributed by atoms with van der Waals surface area (Å²) in [7, 11) is 0. The first-order chi connectivity index (χ1) is 5.66. The van der Waals surface area contributed by atoms with Gasteiger partial charge in [0, 0.05) is 6.07 Å². The van der Waals surface area contributed by atoms with E-state index in [0.29, 0.717) is 11.3 Å². The molecule has 1 aromatic carbocycles. The molecule has 2 nitrogen and oxygen atoms in total. The lowest BCUT2D eigenvalue weighted by atomic mass is 10.3. The Hall–Kier alpha value is -1.45. The van der Waals surface area contributed by atoms with Crippen LogP contribution < -0.4 is 0 Å². The first kappa shape index (κ1) is 7.21. The number of benzene rings is 1. The summed E-state index contributed by atoms with van der Waals surface area (Å²) in [6.45, 7) is 1.69. The highest BCUT2D eigenvalue weighted by Crippen LogP contribution is 2.16. The summed E-state index contributed by atoms with van der Waals surface area (Å²) >= 11 is 0. The van der Waals surface area contributed by atoms with Crippen LogP contribution in [0.25, 0.3) is 11.0 Å². The van der Waals surface area contributed by atoms with Crippen LogP contribution in [-0.4, -0.2) is 9.97 Å². The largest absolute Gasteiger partial charge is 0.342 e. The van der Waals surface area contributed by atoms with Gasteiger partial charge >= 0.3 is 0 Å². The molecule has 0 bridgehead atoms. The second-order valence-electron chi connectivity index (χ2n) is 2.61. The van der Waals surface area contributed by atoms with Gasteiger partial charge in [0.1, 0.15) is 17.2 Å². The number of imidazole rings is 1. The van der Waals surface area contributed by atoms with Crippen LogP contribution in [0.2, 0.25) is 0 Å². The lowest BCUT2D eigenvalue weighted by molar-refractivity contribution is 0.590. The van der Waals surface area contributed by atoms with Gasteiger partial charge in [0.05, 0.1) is 5.52 Å². The molecule has 12 heavy (non-hydrogen) atoms. The fraction of sp³-hybridized carbons (Fsp3) is 0.125. The molecule has 0 atom stereocenters. The summed E-state index contributed by atoms with van der Waals surface area (Å²) in [5.41, 5.74) is 0.582. The summed E-state index contributed by atoms with van der Waals surface area (Å²) in [6.07, 6.45) is 0. The molecule has 0 saturated carbocycles. The molecule has 0 amide bonds. The van der Waals surface area contributed by atoms with Crippen LogP contribution in [0.1, 0.15) is 5.82 Å². The fourth-order valence-corrected chi connectivity index (χ4v) is 1.17. The molecular formula is C8H6F2N2. The van der Waals surface area contributed by atoms with Gasteiger partial charge in [-0.25, -0.2) is 13.8 Å². The zero-order valence-electron chi connectivity index (χ0n) is 6.36. The zero-order chi connectivity index (χ0) is 8.72. The quantitative estimate of drug-likeness (QED) is 0.641. The van der Waals surface area contributed by atoms with Crippen LogP contribution in [0.5, 0.6) is 0 Å². The summed E-state index contributed by atoms with van der Waals surface area (Å²) in [5.74, 6) is -0.646. The minimum absolute atomic E-state index is 0.189. The van der Waals surface area contributed by atoms with Gasteiger partial charge in [0.15, 0.2) is 5.82 Å². The molecule has 0 radical (unpaired) electrons. The molecule has 1 N–H and O–H groups in total. The third-order valence-electron chi connectivity index (χ3n) is 1.62. The van der Waals surface area contributed by atoms with E-state index < -0.39 is 11.6 Å². The highest BCUT2D eigenvalue weighted by atomic mass is 19.1. The lowest BCUT2D eigenvalue weighted by Gasteiger charge is -1.90. The van der Waals surface area contributed by atoms with Crippen LogP contribution in [-0.2, 0) is 0 Å². The Morgan fingerprint density at radius 2 is 2.08 bits per heavy atom. The second kappa shape index (κ2) is 2.27. The summed E-state index contributed by atoms with van der Waals surface area (Å²) in [4.78, 5) is 6.61. The Morgan fingerprint density at radius 1 is 1.33 bits per heavy atom. The predicted octanol–water partition coefficient (Wildman–Crippen LogP) is 2.15. The molecule has 0 aliphatic carbocycles. The topological polar surface area (TPSA) is 28.7 Å². The van der Waals surface area contributed by atoms with Gasteiger partial charge in [0.25, 0.3) is 0 Å². The first-order valence-electron chi connectivity index (χ1n) is 3.48. The maximum absolute atomic E-state index is 12.9. The summed E-state index contributed by atoms with van der Waals surface area (Å²) in [6, 6.07) is 2.04. The number of fused-ring (bicyclic) bond motifs is 1. The molecule has 0 aliphatic heterocycles. The molecule has 0 saturated heterocycles. The van der Waals surface area contributed by atoms with Gasteiger partial charge in [0.2, 0.25) is 0 Å². The molecule has 0 spiro atoms. The van der Waals surface area contributed by atoms with Crippen molar-refractivity contribution in [3.8, 4) is 0 Å². The molecule has 0 fully saturated rings. The minimum Gasteiger partial charge on any atom is -0.342 e. The number of H-pyrrole nitrogens is 1. The Labute approximate surface area is 67.2 Å². The number of aryl methyl sites for hydroxylation is 1. The van der Waals surface area contributed by atoms with Crippen LogP contribution in [0.4, 0.5) is 8.78 Å². The maximum Gasteiger partial charge on any atom is 0.153 e. The van der Waals surface area contributed by atoms with Gasteiger partial charge in [-0.2, -0.15) is 0 Å². The van der Waals surface area contributed by atoms with Gasteiger partial charge in [-0.05, 0) is 13.0 Å². The number of halogens is 2. The zero-order valence-corrected chi connectivity index (χ0v) is 6.36. The van der Waals surface area contributed by atoms with Crippen molar-refractivity contribution in [1.29, 1.82) is 0 Å². The molecule has 2 aromatic rings. The van der Waals surface area contributed by atoms with Crippen molar-refractivity contribution in [3.63, 3.8) is 0 Å². The fourth-order valence-electron chi connectivity index (χ4n) is 1.17. The first-order valence-corrected chi connectivity index (χ1v) is 3.48. The average Bonchev–Trinajstić information content (AvgIpc) is 2.29. The average molecular weight is 168 g/mol. The van der Waals surface area contributed by atoms with Crippen LogP contribution in [0.15, 0.2) is 12.1 Å². The normalized spacial score (nSPS) is 10.9. The van der Waals surface area contributed by atoms with E-state index in [1.54, 1.807) is 6.92 Å². The van der Waals surface area contributed by atoms with Crippen LogP contribution in [0, 0.1) is 18.6 Å². The van der Waals surface area contributed by atoms with Crippen LogP contribution >= 0.6 is 0 Å². The third-order valence-corrected chi connectivity index (χ3v) is 1.62. The van der Waals surface area contributed by atoms with Crippen molar-refractivity contribution in [2.75, 3.05) is 0 Å². The highest BCUT2D eigenvalue weighted by Gasteiger charge is 2.06. The molecular weight excluding hydrogens is 162 g/mol. The Bertz CT molecular complexity index is 434. The number of hydrogen-bond acceptors (Lipinski definition) is 1. The van der Waals surface area contributed by atoms with Crippen molar-refractivity contribution in [2.45, 2.75) is 6.92 Å². The van der Waals surface area contributed by atoms with E-state index >= 15 is 0 Å². The van der Waals surface area contributed by atoms with Crippen LogP contribution in [0.3, 0.4) is 0 Å². The van der Waals surface area contributed by atoms with Gasteiger partial charge in [-0.15, -0.1) is 0 Å². The van der Waals surface area contributed by atoms with Crippen molar-refractivity contribution in [2.24, 2.45) is 0 Å². The van der Waals surface area contributed by atoms with Crippen molar-refractivity contribution >= 4 is 11.0 Å². The number of nitrogens with one attached hydrogen (secondary N) is 1. The molecule has 4 heteroatoms. The lowest BCUT2D eigenvalue weighted by Crippen LogP contribution is -1.81. The van der Waals surface area contributed by atoms with E-state index in [1.165, 1.54) is 6.07 Å². The molecule has 0 aliphatic rings. The summed E-state index contributed by atoms with van der Waals surface area (Å²) < 4.78 is 25.6. The Balaban J connectivity index is 2.88. The van der Waals surface area contributed by atoms with E-state index in [-0.39, 0.29) is 5.52 Å². The number of rotatable bonds is 0. The van der Waals surface area contributed by atoms with E-state index in [9.17, 15) is 8.78 Å². The van der Waals surface area contributed by atoms with Gasteiger partial charge < -0.3 is 4.98 Å². The monoisotopic (exact) mass is 168 g/mol. The molecule has 62 valence electrons. The SMILES string of the molecule is Cc1nc2c(F)cc(F)cc2[nH]1. The molecule has 0 unspecified atom stereocenters. The number of aromatic nitrogens is 2. The minimum atomic E-state index is -0.630. The maximum atomic E-state index is 12.9. The van der Waals surface area contributed by atoms with Crippen molar-refractivity contribution in [1.82, 2.24) is 9.97 Å². The smallest absolute Gasteiger partial charge is 0.153 e. The number of hydrogen-bond donors (Lipinski definition) is 1. The molecule has 1 aromatic heterocycles. The number of aromatic amines is 1. The number of nitrogens with zero attached hydrogens (tertiary/aromatic N) is 1. The molecule has 2 rings (SSSR count). The van der Waals surface area contributed by atoms with E-state index in [0.717, 1.165) is 6.07 Å². The van der Waals surface area contributed by atoms with Crippen molar-refractivity contribution < 1.29 is 8.78 Å². The standard InChI is InChI=1S/C8H6F2N2/c1-4-11-7-3-5(9)2-6(10)8(7)12-4/h2-3H,1H3,(H,11,12). The third kappa shape index (κ3) is 0.958. The molecule has 1 heterocycles. The van der Waals surface area contributed by atoms with Crippen molar-refractivity contribution in [3.05, 3.63) is 29.6 Å². The second-order valence-corrected chi connectivity index (χ2v) is 2.61. The van der Waals surface area contributed by atoms with E-state index in [1.807, 2.05) is 0 Å². The summed E-state index contributed by atoms with van der Waals surface area (Å²) in [5, 5.41) is 0. The van der Waals surface area contributed by atoms with Gasteiger partial charge in [-0.1, -0.05) is 0 Å². The predicted molar refractivity (Wildman–Crippen MR) is 40.7 cm³/mol. The van der Waals surface area contributed by atoms with E-state index in [4.69, 9.17) is 0 Å². The van der Waals surface area contributed by atoms with Gasteiger partial charge in [-0.3, -0.25) is 0 Å². The Kier molecular flexibility index (Phi) is 1.36. The van der Waals surface area contributed by atoms with E-state index in [2.05, 4.69) is 9.97 Å². The highest BCUT2D eigenvalue weighted by molar-refractivity contribution is 5.75. The Morgan fingerprint density at radius 3 is 2.83 bits per heavy atom.